The van der Waals surface area contributed by atoms with Crippen LogP contribution >= 0.6 is 0 Å². The van der Waals surface area contributed by atoms with E-state index in [1.807, 2.05) is 72.8 Å². The minimum absolute atomic E-state index is 0.535. The van der Waals surface area contributed by atoms with Crippen molar-refractivity contribution < 1.29 is 13.3 Å². The van der Waals surface area contributed by atoms with Crippen molar-refractivity contribution in [3.05, 3.63) is 212 Å². The summed E-state index contributed by atoms with van der Waals surface area (Å²) in [5.41, 5.74) is 13.2. The molecule has 3 heterocycles. The molecule has 0 N–H and O–H groups in total. The largest absolute Gasteiger partial charge is 0.456 e. The number of benzene rings is 9. The third-order valence-electron chi connectivity index (χ3n) is 11.5. The van der Waals surface area contributed by atoms with Crippen LogP contribution in [0.4, 0.5) is 34.1 Å². The van der Waals surface area contributed by atoms with Gasteiger partial charge in [-0.05, 0) is 90.0 Å². The smallest absolute Gasteiger partial charge is 0.227 e. The lowest BCUT2D eigenvalue weighted by Gasteiger charge is -2.29. The highest BCUT2D eigenvalue weighted by Crippen LogP contribution is 2.48. The Morgan fingerprint density at radius 2 is 0.869 bits per heavy atom. The second-order valence-corrected chi connectivity index (χ2v) is 15.1. The fraction of sp³-hybridized carbons (Fsp3) is 0. The first-order chi connectivity index (χ1) is 30.2. The van der Waals surface area contributed by atoms with Crippen LogP contribution in [0.2, 0.25) is 0 Å². The van der Waals surface area contributed by atoms with E-state index in [9.17, 15) is 0 Å². The summed E-state index contributed by atoms with van der Waals surface area (Å²) in [5, 5.41) is 4.24. The van der Waals surface area contributed by atoms with Gasteiger partial charge in [0.15, 0.2) is 11.2 Å². The summed E-state index contributed by atoms with van der Waals surface area (Å²) in [7, 11) is 0. The molecule has 0 fully saturated rings. The molecule has 9 aromatic carbocycles. The number of nitrogens with zero attached hydrogens (tertiary/aromatic N) is 3. The van der Waals surface area contributed by atoms with Crippen molar-refractivity contribution in [1.29, 1.82) is 0 Å². The number of furan rings is 2. The third-order valence-corrected chi connectivity index (χ3v) is 11.5. The third kappa shape index (κ3) is 5.92. The minimum atomic E-state index is 0.535. The molecule has 0 saturated heterocycles. The van der Waals surface area contributed by atoms with E-state index >= 15 is 0 Å². The Hall–Kier alpha value is -8.35. The molecule has 0 saturated carbocycles. The SMILES string of the molecule is c1ccc(-c2ccc(N(c3cc(N(c4ccccc4)c4ccc5c(c4)oc4ccccc45)c4oc(-c5ccccc5)nc4c3)c3cccc4c3oc3ccccc34)cc2)cc1. The quantitative estimate of drug-likeness (QED) is 0.153. The summed E-state index contributed by atoms with van der Waals surface area (Å²) in [6.07, 6.45) is 0. The van der Waals surface area contributed by atoms with Crippen molar-refractivity contribution in [2.24, 2.45) is 0 Å². The van der Waals surface area contributed by atoms with E-state index in [2.05, 4.69) is 149 Å². The molecule has 0 radical (unpaired) electrons. The number of rotatable bonds is 8. The average molecular weight is 786 g/mol. The zero-order valence-corrected chi connectivity index (χ0v) is 32.8. The summed E-state index contributed by atoms with van der Waals surface area (Å²) < 4.78 is 20.1. The van der Waals surface area contributed by atoms with Gasteiger partial charge in [0.2, 0.25) is 5.89 Å². The molecule has 0 unspecified atom stereocenters. The van der Waals surface area contributed by atoms with Gasteiger partial charge in [0.25, 0.3) is 0 Å². The number of fused-ring (bicyclic) bond motifs is 7. The molecule has 0 bridgehead atoms. The molecular weight excluding hydrogens is 751 g/mol. The van der Waals surface area contributed by atoms with Crippen LogP contribution in [0.5, 0.6) is 0 Å². The molecule has 288 valence electrons. The fourth-order valence-electron chi connectivity index (χ4n) is 8.63. The van der Waals surface area contributed by atoms with E-state index in [0.717, 1.165) is 94.7 Å². The predicted octanol–water partition coefficient (Wildman–Crippen LogP) is 15.9. The maximum Gasteiger partial charge on any atom is 0.227 e. The number of hydrogen-bond donors (Lipinski definition) is 0. The van der Waals surface area contributed by atoms with Crippen LogP contribution in [0.25, 0.3) is 77.6 Å². The minimum Gasteiger partial charge on any atom is -0.456 e. The second-order valence-electron chi connectivity index (χ2n) is 15.1. The summed E-state index contributed by atoms with van der Waals surface area (Å²) in [6, 6.07) is 73.1. The van der Waals surface area contributed by atoms with E-state index in [0.29, 0.717) is 17.0 Å². The summed E-state index contributed by atoms with van der Waals surface area (Å²) in [5.74, 6) is 0.535. The fourth-order valence-corrected chi connectivity index (χ4v) is 8.63. The van der Waals surface area contributed by atoms with Gasteiger partial charge in [-0.1, -0.05) is 127 Å². The van der Waals surface area contributed by atoms with Crippen LogP contribution in [-0.4, -0.2) is 4.98 Å². The molecule has 6 nitrogen and oxygen atoms in total. The van der Waals surface area contributed by atoms with Crippen molar-refractivity contribution in [3.63, 3.8) is 0 Å². The number of oxazole rings is 1. The van der Waals surface area contributed by atoms with Crippen LogP contribution < -0.4 is 9.80 Å². The number of hydrogen-bond acceptors (Lipinski definition) is 6. The molecule has 6 heteroatoms. The normalized spacial score (nSPS) is 11.6. The van der Waals surface area contributed by atoms with Crippen molar-refractivity contribution in [2.75, 3.05) is 9.80 Å². The van der Waals surface area contributed by atoms with Crippen molar-refractivity contribution in [2.45, 2.75) is 0 Å². The van der Waals surface area contributed by atoms with Gasteiger partial charge in [0.1, 0.15) is 22.3 Å². The van der Waals surface area contributed by atoms with Crippen molar-refractivity contribution in [1.82, 2.24) is 4.98 Å². The Morgan fingerprint density at radius 3 is 1.62 bits per heavy atom. The average Bonchev–Trinajstić information content (AvgIpc) is 4.04. The molecule has 0 aliphatic heterocycles. The lowest BCUT2D eigenvalue weighted by atomic mass is 10.0. The monoisotopic (exact) mass is 785 g/mol. The highest BCUT2D eigenvalue weighted by molar-refractivity contribution is 6.11. The molecule has 0 aliphatic rings. The summed E-state index contributed by atoms with van der Waals surface area (Å²) >= 11 is 0. The van der Waals surface area contributed by atoms with E-state index in [4.69, 9.17) is 18.2 Å². The number of anilines is 6. The Kier molecular flexibility index (Phi) is 8.06. The molecule has 3 aromatic heterocycles. The standard InChI is InChI=1S/C55H35N3O3/c1-4-15-36(16-5-1)37-27-29-40(30-28-37)58(48-24-14-23-46-44-22-11-13-26-51(44)60-53(46)48)42-33-47-54(61-55(56-47)38-17-6-2-7-18-38)49(34-42)57(39-19-8-3-9-20-39)41-31-32-45-43-21-10-12-25-50(43)59-52(45)35-41/h1-35H. The highest BCUT2D eigenvalue weighted by Gasteiger charge is 2.26. The van der Waals surface area contributed by atoms with Crippen LogP contribution in [0.3, 0.4) is 0 Å². The molecular formula is C55H35N3O3. The van der Waals surface area contributed by atoms with E-state index in [-0.39, 0.29) is 0 Å². The first kappa shape index (κ1) is 34.7. The van der Waals surface area contributed by atoms with E-state index in [1.54, 1.807) is 0 Å². The van der Waals surface area contributed by atoms with E-state index < -0.39 is 0 Å². The van der Waals surface area contributed by atoms with Gasteiger partial charge in [-0.3, -0.25) is 0 Å². The Morgan fingerprint density at radius 1 is 0.311 bits per heavy atom. The van der Waals surface area contributed by atoms with Crippen molar-refractivity contribution in [3.8, 4) is 22.6 Å². The first-order valence-corrected chi connectivity index (χ1v) is 20.4. The van der Waals surface area contributed by atoms with Crippen LogP contribution in [-0.2, 0) is 0 Å². The van der Waals surface area contributed by atoms with Gasteiger partial charge in [-0.25, -0.2) is 4.98 Å². The van der Waals surface area contributed by atoms with Gasteiger partial charge >= 0.3 is 0 Å². The van der Waals surface area contributed by atoms with Gasteiger partial charge in [0, 0.05) is 44.5 Å². The highest BCUT2D eigenvalue weighted by atomic mass is 16.4. The summed E-state index contributed by atoms with van der Waals surface area (Å²) in [6.45, 7) is 0. The molecule has 0 atom stereocenters. The molecule has 12 rings (SSSR count). The van der Waals surface area contributed by atoms with Gasteiger partial charge < -0.3 is 23.1 Å². The zero-order valence-electron chi connectivity index (χ0n) is 32.8. The maximum atomic E-state index is 6.85. The van der Waals surface area contributed by atoms with Crippen LogP contribution in [0.15, 0.2) is 226 Å². The first-order valence-electron chi connectivity index (χ1n) is 20.4. The lowest BCUT2D eigenvalue weighted by Crippen LogP contribution is -2.14. The molecule has 12 aromatic rings. The zero-order chi connectivity index (χ0) is 40.3. The Balaban J connectivity index is 1.13. The van der Waals surface area contributed by atoms with Gasteiger partial charge in [-0.2, -0.15) is 0 Å². The molecule has 0 aliphatic carbocycles. The Labute approximate surface area is 350 Å². The summed E-state index contributed by atoms with van der Waals surface area (Å²) in [4.78, 5) is 9.71. The topological polar surface area (TPSA) is 58.8 Å². The van der Waals surface area contributed by atoms with E-state index in [1.165, 1.54) is 0 Å². The predicted molar refractivity (Wildman–Crippen MR) is 249 cm³/mol. The molecule has 0 spiro atoms. The number of aromatic nitrogens is 1. The van der Waals surface area contributed by atoms with Crippen LogP contribution in [0, 0.1) is 0 Å². The lowest BCUT2D eigenvalue weighted by molar-refractivity contribution is 0.620. The van der Waals surface area contributed by atoms with Crippen LogP contribution in [0.1, 0.15) is 0 Å². The maximum absolute atomic E-state index is 6.85. The molecule has 0 amide bonds. The van der Waals surface area contributed by atoms with Gasteiger partial charge in [-0.15, -0.1) is 0 Å². The second kappa shape index (κ2) is 14.2. The van der Waals surface area contributed by atoms with Gasteiger partial charge in [0.05, 0.1) is 22.7 Å². The Bertz CT molecular complexity index is 3540. The van der Waals surface area contributed by atoms with Crippen molar-refractivity contribution >= 4 is 89.1 Å². The molecule has 61 heavy (non-hydrogen) atoms. The number of para-hydroxylation sites is 4.